The highest BCUT2D eigenvalue weighted by Crippen LogP contribution is 2.27. The largest absolute Gasteiger partial charge is 0.354 e. The topological polar surface area (TPSA) is 29.0 Å². The molecule has 0 amide bonds. The zero-order chi connectivity index (χ0) is 12.6. The summed E-state index contributed by atoms with van der Waals surface area (Å²) in [6.07, 6.45) is -2.23. The zero-order valence-corrected chi connectivity index (χ0v) is 10.3. The first-order chi connectivity index (χ1) is 7.88. The zero-order valence-electron chi connectivity index (χ0n) is 10.3. The molecule has 0 aromatic carbocycles. The average molecular weight is 241 g/mol. The second kappa shape index (κ2) is 4.20. The SMILES string of the molecule is CC(C)(C)c1ccc(N2CC(C(F)F)C2)nn1. The van der Waals surface area contributed by atoms with Gasteiger partial charge in [-0.05, 0) is 12.1 Å². The molecule has 1 saturated heterocycles. The summed E-state index contributed by atoms with van der Waals surface area (Å²) in [5.74, 6) is 0.175. The number of hydrogen-bond donors (Lipinski definition) is 0. The Labute approximate surface area is 99.8 Å². The van der Waals surface area contributed by atoms with E-state index < -0.39 is 12.3 Å². The van der Waals surface area contributed by atoms with Crippen LogP contribution >= 0.6 is 0 Å². The molecule has 0 unspecified atom stereocenters. The van der Waals surface area contributed by atoms with Crippen LogP contribution in [0.1, 0.15) is 26.5 Å². The summed E-state index contributed by atoms with van der Waals surface area (Å²) in [6.45, 7) is 6.94. The van der Waals surface area contributed by atoms with E-state index in [1.807, 2.05) is 17.0 Å². The number of aromatic nitrogens is 2. The van der Waals surface area contributed by atoms with Gasteiger partial charge in [-0.3, -0.25) is 0 Å². The van der Waals surface area contributed by atoms with Crippen molar-refractivity contribution in [3.8, 4) is 0 Å². The maximum absolute atomic E-state index is 12.3. The molecule has 0 spiro atoms. The lowest BCUT2D eigenvalue weighted by atomic mass is 9.92. The molecule has 0 radical (unpaired) electrons. The van der Waals surface area contributed by atoms with Gasteiger partial charge < -0.3 is 4.90 Å². The quantitative estimate of drug-likeness (QED) is 0.796. The Balaban J connectivity index is 2.01. The maximum atomic E-state index is 12.3. The Morgan fingerprint density at radius 1 is 1.24 bits per heavy atom. The first-order valence-electron chi connectivity index (χ1n) is 5.75. The van der Waals surface area contributed by atoms with Crippen LogP contribution in [-0.2, 0) is 5.41 Å². The molecule has 1 aromatic heterocycles. The van der Waals surface area contributed by atoms with Crippen molar-refractivity contribution in [2.75, 3.05) is 18.0 Å². The van der Waals surface area contributed by atoms with Gasteiger partial charge in [0.05, 0.1) is 11.6 Å². The number of nitrogens with zero attached hydrogens (tertiary/aromatic N) is 3. The molecule has 0 bridgehead atoms. The smallest absolute Gasteiger partial charge is 0.244 e. The normalized spacial score (nSPS) is 17.4. The lowest BCUT2D eigenvalue weighted by molar-refractivity contribution is 0.0610. The molecule has 3 nitrogen and oxygen atoms in total. The minimum Gasteiger partial charge on any atom is -0.354 e. The minimum absolute atomic E-state index is 0.0357. The van der Waals surface area contributed by atoms with Crippen molar-refractivity contribution in [2.24, 2.45) is 5.92 Å². The van der Waals surface area contributed by atoms with E-state index in [1.54, 1.807) is 0 Å². The number of anilines is 1. The molecule has 0 aliphatic carbocycles. The van der Waals surface area contributed by atoms with Crippen molar-refractivity contribution in [1.82, 2.24) is 10.2 Å². The van der Waals surface area contributed by atoms with E-state index in [2.05, 4.69) is 31.0 Å². The van der Waals surface area contributed by atoms with Crippen LogP contribution in [0.5, 0.6) is 0 Å². The van der Waals surface area contributed by atoms with Crippen LogP contribution in [0.25, 0.3) is 0 Å². The van der Waals surface area contributed by atoms with Gasteiger partial charge in [0.25, 0.3) is 0 Å². The van der Waals surface area contributed by atoms with Crippen LogP contribution in [0, 0.1) is 5.92 Å². The van der Waals surface area contributed by atoms with Crippen molar-refractivity contribution < 1.29 is 8.78 Å². The van der Waals surface area contributed by atoms with Gasteiger partial charge in [0.2, 0.25) is 6.43 Å². The molecule has 0 saturated carbocycles. The second-order valence-corrected chi connectivity index (χ2v) is 5.53. The molecule has 94 valence electrons. The highest BCUT2D eigenvalue weighted by Gasteiger charge is 2.34. The van der Waals surface area contributed by atoms with Crippen LogP contribution in [0.4, 0.5) is 14.6 Å². The first-order valence-corrected chi connectivity index (χ1v) is 5.75. The molecule has 5 heteroatoms. The van der Waals surface area contributed by atoms with Gasteiger partial charge in [-0.2, -0.15) is 5.10 Å². The molecule has 0 N–H and O–H groups in total. The third kappa shape index (κ3) is 2.53. The summed E-state index contributed by atoms with van der Waals surface area (Å²) in [5.41, 5.74) is 0.874. The number of rotatable bonds is 2. The fourth-order valence-electron chi connectivity index (χ4n) is 1.75. The number of halogens is 2. The summed E-state index contributed by atoms with van der Waals surface area (Å²) in [7, 11) is 0. The molecule has 0 atom stereocenters. The molecule has 2 heterocycles. The van der Waals surface area contributed by atoms with Crippen molar-refractivity contribution in [3.63, 3.8) is 0 Å². The van der Waals surface area contributed by atoms with Crippen LogP contribution < -0.4 is 4.90 Å². The van der Waals surface area contributed by atoms with Gasteiger partial charge in [0.15, 0.2) is 5.82 Å². The summed E-state index contributed by atoms with van der Waals surface area (Å²) < 4.78 is 24.7. The highest BCUT2D eigenvalue weighted by molar-refractivity contribution is 5.41. The van der Waals surface area contributed by atoms with E-state index in [4.69, 9.17) is 0 Å². The van der Waals surface area contributed by atoms with Gasteiger partial charge >= 0.3 is 0 Å². The third-order valence-electron chi connectivity index (χ3n) is 3.01. The lowest BCUT2D eigenvalue weighted by Gasteiger charge is -2.39. The van der Waals surface area contributed by atoms with Gasteiger partial charge in [-0.1, -0.05) is 20.8 Å². The average Bonchev–Trinajstić information content (AvgIpc) is 2.14. The van der Waals surface area contributed by atoms with Crippen LogP contribution in [0.2, 0.25) is 0 Å². The summed E-state index contributed by atoms with van der Waals surface area (Å²) >= 11 is 0. The van der Waals surface area contributed by atoms with Gasteiger partial charge in [-0.15, -0.1) is 5.10 Å². The minimum atomic E-state index is -2.23. The Hall–Kier alpha value is -1.26. The Bertz CT molecular complexity index is 378. The van der Waals surface area contributed by atoms with Crippen molar-refractivity contribution in [1.29, 1.82) is 0 Å². The Morgan fingerprint density at radius 3 is 2.29 bits per heavy atom. The van der Waals surface area contributed by atoms with Crippen LogP contribution in [0.15, 0.2) is 12.1 Å². The lowest BCUT2D eigenvalue weighted by Crippen LogP contribution is -2.50. The number of alkyl halides is 2. The first kappa shape index (κ1) is 12.2. The van der Waals surface area contributed by atoms with Crippen LogP contribution in [-0.4, -0.2) is 29.7 Å². The Kier molecular flexibility index (Phi) is 3.02. The number of hydrogen-bond acceptors (Lipinski definition) is 3. The van der Waals surface area contributed by atoms with E-state index in [9.17, 15) is 8.78 Å². The molecule has 1 aliphatic heterocycles. The van der Waals surface area contributed by atoms with E-state index in [0.29, 0.717) is 18.9 Å². The van der Waals surface area contributed by atoms with Crippen molar-refractivity contribution in [3.05, 3.63) is 17.8 Å². The summed E-state index contributed by atoms with van der Waals surface area (Å²) in [4.78, 5) is 1.83. The van der Waals surface area contributed by atoms with Crippen molar-refractivity contribution in [2.45, 2.75) is 32.6 Å². The van der Waals surface area contributed by atoms with E-state index in [0.717, 1.165) is 5.69 Å². The van der Waals surface area contributed by atoms with E-state index in [1.165, 1.54) is 0 Å². The van der Waals surface area contributed by atoms with Gasteiger partial charge in [0.1, 0.15) is 0 Å². The monoisotopic (exact) mass is 241 g/mol. The predicted octanol–water partition coefficient (Wildman–Crippen LogP) is 2.48. The summed E-state index contributed by atoms with van der Waals surface area (Å²) in [6, 6.07) is 3.77. The van der Waals surface area contributed by atoms with Crippen LogP contribution in [0.3, 0.4) is 0 Å². The molecular formula is C12H17F2N3. The predicted molar refractivity (Wildman–Crippen MR) is 62.4 cm³/mol. The summed E-state index contributed by atoms with van der Waals surface area (Å²) in [5, 5.41) is 8.24. The molecule has 17 heavy (non-hydrogen) atoms. The molecule has 2 rings (SSSR count). The fourth-order valence-corrected chi connectivity index (χ4v) is 1.75. The van der Waals surface area contributed by atoms with Gasteiger partial charge in [0, 0.05) is 18.5 Å². The molecule has 1 aliphatic rings. The second-order valence-electron chi connectivity index (χ2n) is 5.53. The van der Waals surface area contributed by atoms with E-state index in [-0.39, 0.29) is 5.41 Å². The molecular weight excluding hydrogens is 224 g/mol. The maximum Gasteiger partial charge on any atom is 0.244 e. The highest BCUT2D eigenvalue weighted by atomic mass is 19.3. The van der Waals surface area contributed by atoms with Crippen molar-refractivity contribution >= 4 is 5.82 Å². The van der Waals surface area contributed by atoms with E-state index >= 15 is 0 Å². The molecule has 1 fully saturated rings. The Morgan fingerprint density at radius 2 is 1.88 bits per heavy atom. The standard InChI is InChI=1S/C12H17F2N3/c1-12(2,3)9-4-5-10(16-15-9)17-6-8(7-17)11(13)14/h4-5,8,11H,6-7H2,1-3H3. The van der Waals surface area contributed by atoms with Gasteiger partial charge in [-0.25, -0.2) is 8.78 Å². The third-order valence-corrected chi connectivity index (χ3v) is 3.01. The molecule has 1 aromatic rings. The fraction of sp³-hybridized carbons (Fsp3) is 0.667.